The number of non-ortho nitro benzene ring substituents is 1. The summed E-state index contributed by atoms with van der Waals surface area (Å²) in [5.41, 5.74) is 1.19. The second kappa shape index (κ2) is 9.82. The van der Waals surface area contributed by atoms with E-state index in [4.69, 9.17) is 0 Å². The van der Waals surface area contributed by atoms with Crippen molar-refractivity contribution in [3.8, 4) is 0 Å². The van der Waals surface area contributed by atoms with E-state index in [0.29, 0.717) is 36.5 Å². The maximum absolute atomic E-state index is 12.8. The summed E-state index contributed by atoms with van der Waals surface area (Å²) < 4.78 is 27.2. The number of carbonyl (C=O) groups is 1. The number of hydrogen-bond acceptors (Lipinski definition) is 5. The highest BCUT2D eigenvalue weighted by atomic mass is 32.2. The largest absolute Gasteiger partial charge is 0.352 e. The van der Waals surface area contributed by atoms with Crippen molar-refractivity contribution in [2.45, 2.75) is 37.0 Å². The summed E-state index contributed by atoms with van der Waals surface area (Å²) in [5, 5.41) is 13.4. The highest BCUT2D eigenvalue weighted by Gasteiger charge is 2.24. The van der Waals surface area contributed by atoms with Gasteiger partial charge in [-0.2, -0.15) is 4.31 Å². The molecule has 0 aromatic heterocycles. The molecule has 0 spiro atoms. The summed E-state index contributed by atoms with van der Waals surface area (Å²) in [5.74, 6) is -0.315. The Bertz CT molecular complexity index is 980. The fourth-order valence-corrected chi connectivity index (χ4v) is 4.93. The molecule has 2 aromatic rings. The Kier molecular flexibility index (Phi) is 7.17. The molecule has 3 rings (SSSR count). The molecule has 1 aliphatic rings. The van der Waals surface area contributed by atoms with Gasteiger partial charge in [-0.15, -0.1) is 0 Å². The van der Waals surface area contributed by atoms with Crippen molar-refractivity contribution >= 4 is 21.6 Å². The lowest BCUT2D eigenvalue weighted by molar-refractivity contribution is -0.384. The standard InChI is InChI=1S/C21H25N3O5S/c25-21(18-7-9-19(10-8-18)24(26)27)22-14-13-17-5-11-20(12-6-17)30(28,29)23-15-3-1-2-4-16-23/h5-12H,1-4,13-16H2,(H,22,25). The van der Waals surface area contributed by atoms with Crippen LogP contribution >= 0.6 is 0 Å². The van der Waals surface area contributed by atoms with E-state index in [1.807, 2.05) is 0 Å². The SMILES string of the molecule is O=C(NCCc1ccc(S(=O)(=O)N2CCCCCC2)cc1)c1ccc([N+](=O)[O-])cc1. The molecule has 1 saturated heterocycles. The van der Waals surface area contributed by atoms with Crippen LogP contribution in [-0.4, -0.2) is 43.2 Å². The Labute approximate surface area is 176 Å². The summed E-state index contributed by atoms with van der Waals surface area (Å²) in [6.45, 7) is 1.51. The summed E-state index contributed by atoms with van der Waals surface area (Å²) in [6.07, 6.45) is 4.47. The zero-order chi connectivity index (χ0) is 21.6. The third kappa shape index (κ3) is 5.43. The molecule has 9 heteroatoms. The number of rotatable bonds is 7. The van der Waals surface area contributed by atoms with Gasteiger partial charge in [0.05, 0.1) is 9.82 Å². The number of nitrogens with zero attached hydrogens (tertiary/aromatic N) is 2. The highest BCUT2D eigenvalue weighted by Crippen LogP contribution is 2.20. The van der Waals surface area contributed by atoms with Crippen molar-refractivity contribution in [2.75, 3.05) is 19.6 Å². The summed E-state index contributed by atoms with van der Waals surface area (Å²) in [4.78, 5) is 22.6. The molecule has 0 aliphatic carbocycles. The van der Waals surface area contributed by atoms with Crippen LogP contribution in [0.1, 0.15) is 41.6 Å². The highest BCUT2D eigenvalue weighted by molar-refractivity contribution is 7.89. The number of nitrogens with one attached hydrogen (secondary N) is 1. The molecular formula is C21H25N3O5S. The lowest BCUT2D eigenvalue weighted by Crippen LogP contribution is -2.31. The van der Waals surface area contributed by atoms with E-state index >= 15 is 0 Å². The predicted molar refractivity (Wildman–Crippen MR) is 113 cm³/mol. The van der Waals surface area contributed by atoms with E-state index in [1.54, 1.807) is 28.6 Å². The molecule has 0 atom stereocenters. The van der Waals surface area contributed by atoms with Crippen LogP contribution in [0.3, 0.4) is 0 Å². The molecule has 0 saturated carbocycles. The summed E-state index contributed by atoms with van der Waals surface area (Å²) in [7, 11) is -3.47. The predicted octanol–water partition coefficient (Wildman–Crippen LogP) is 3.13. The molecule has 30 heavy (non-hydrogen) atoms. The third-order valence-corrected chi connectivity index (χ3v) is 7.08. The molecule has 1 fully saturated rings. The molecule has 160 valence electrons. The van der Waals surface area contributed by atoms with Crippen molar-refractivity contribution in [1.29, 1.82) is 0 Å². The molecule has 1 N–H and O–H groups in total. The molecule has 0 unspecified atom stereocenters. The van der Waals surface area contributed by atoms with Gasteiger partial charge in [-0.3, -0.25) is 14.9 Å². The van der Waals surface area contributed by atoms with Gasteiger partial charge in [-0.25, -0.2) is 8.42 Å². The van der Waals surface area contributed by atoms with Crippen LogP contribution in [0.25, 0.3) is 0 Å². The summed E-state index contributed by atoms with van der Waals surface area (Å²) >= 11 is 0. The maximum Gasteiger partial charge on any atom is 0.269 e. The fraction of sp³-hybridized carbons (Fsp3) is 0.381. The minimum absolute atomic E-state index is 0.0678. The first-order chi connectivity index (χ1) is 14.4. The van der Waals surface area contributed by atoms with Crippen LogP contribution < -0.4 is 5.32 Å². The lowest BCUT2D eigenvalue weighted by atomic mass is 10.1. The van der Waals surface area contributed by atoms with Crippen molar-refractivity contribution in [3.63, 3.8) is 0 Å². The fourth-order valence-electron chi connectivity index (χ4n) is 3.42. The second-order valence-electron chi connectivity index (χ2n) is 7.27. The van der Waals surface area contributed by atoms with Gasteiger partial charge in [0.1, 0.15) is 0 Å². The van der Waals surface area contributed by atoms with Gasteiger partial charge in [0.25, 0.3) is 11.6 Å². The van der Waals surface area contributed by atoms with Gasteiger partial charge >= 0.3 is 0 Å². The Morgan fingerprint density at radius 3 is 2.13 bits per heavy atom. The molecule has 1 aliphatic heterocycles. The van der Waals surface area contributed by atoms with E-state index in [-0.39, 0.29) is 11.6 Å². The van der Waals surface area contributed by atoms with Crippen LogP contribution in [0, 0.1) is 10.1 Å². The molecule has 2 aromatic carbocycles. The molecule has 1 heterocycles. The molecule has 0 radical (unpaired) electrons. The number of carbonyl (C=O) groups excluding carboxylic acids is 1. The van der Waals surface area contributed by atoms with Crippen molar-refractivity contribution in [3.05, 3.63) is 69.8 Å². The van der Waals surface area contributed by atoms with E-state index in [0.717, 1.165) is 31.2 Å². The Morgan fingerprint density at radius 1 is 0.967 bits per heavy atom. The van der Waals surface area contributed by atoms with Crippen LogP contribution in [0.2, 0.25) is 0 Å². The first-order valence-corrected chi connectivity index (χ1v) is 11.4. The quantitative estimate of drug-likeness (QED) is 0.535. The number of nitro groups is 1. The molecule has 1 amide bonds. The topological polar surface area (TPSA) is 110 Å². The number of sulfonamides is 1. The minimum Gasteiger partial charge on any atom is -0.352 e. The van der Waals surface area contributed by atoms with Gasteiger partial charge in [-0.1, -0.05) is 25.0 Å². The summed E-state index contributed by atoms with van der Waals surface area (Å²) in [6, 6.07) is 12.2. The van der Waals surface area contributed by atoms with Gasteiger partial charge in [0.15, 0.2) is 0 Å². The lowest BCUT2D eigenvalue weighted by Gasteiger charge is -2.20. The van der Waals surface area contributed by atoms with Crippen molar-refractivity contribution in [2.24, 2.45) is 0 Å². The van der Waals surface area contributed by atoms with Gasteiger partial charge < -0.3 is 5.32 Å². The molecule has 0 bridgehead atoms. The van der Waals surface area contributed by atoms with E-state index in [1.165, 1.54) is 24.3 Å². The number of hydrogen-bond donors (Lipinski definition) is 1. The van der Waals surface area contributed by atoms with Gasteiger partial charge in [-0.05, 0) is 49.1 Å². The molecule has 8 nitrogen and oxygen atoms in total. The monoisotopic (exact) mass is 431 g/mol. The van der Waals surface area contributed by atoms with Crippen LogP contribution in [0.4, 0.5) is 5.69 Å². The number of amides is 1. The average Bonchev–Trinajstić information content (AvgIpc) is 3.04. The number of nitro benzene ring substituents is 1. The normalized spacial score (nSPS) is 15.3. The maximum atomic E-state index is 12.8. The molecular weight excluding hydrogens is 406 g/mol. The number of benzene rings is 2. The van der Waals surface area contributed by atoms with E-state index in [9.17, 15) is 23.3 Å². The zero-order valence-electron chi connectivity index (χ0n) is 16.6. The minimum atomic E-state index is -3.47. The zero-order valence-corrected chi connectivity index (χ0v) is 17.4. The van der Waals surface area contributed by atoms with E-state index in [2.05, 4.69) is 5.32 Å². The first-order valence-electron chi connectivity index (χ1n) is 10.00. The smallest absolute Gasteiger partial charge is 0.269 e. The second-order valence-corrected chi connectivity index (χ2v) is 9.21. The Morgan fingerprint density at radius 2 is 1.57 bits per heavy atom. The van der Waals surface area contributed by atoms with Crippen LogP contribution in [-0.2, 0) is 16.4 Å². The van der Waals surface area contributed by atoms with Gasteiger partial charge in [0, 0.05) is 37.3 Å². The van der Waals surface area contributed by atoms with Crippen molar-refractivity contribution < 1.29 is 18.1 Å². The van der Waals surface area contributed by atoms with E-state index < -0.39 is 14.9 Å². The Hall–Kier alpha value is -2.78. The van der Waals surface area contributed by atoms with Crippen molar-refractivity contribution in [1.82, 2.24) is 9.62 Å². The van der Waals surface area contributed by atoms with Crippen LogP contribution in [0.5, 0.6) is 0 Å². The van der Waals surface area contributed by atoms with Gasteiger partial charge in [0.2, 0.25) is 10.0 Å². The van der Waals surface area contributed by atoms with Crippen LogP contribution in [0.15, 0.2) is 53.4 Å². The Balaban J connectivity index is 1.54. The third-order valence-electron chi connectivity index (χ3n) is 5.17. The first kappa shape index (κ1) is 21.9. The average molecular weight is 432 g/mol.